The monoisotopic (exact) mass is 333 g/mol. The fourth-order valence-corrected chi connectivity index (χ4v) is 3.01. The number of aromatic nitrogens is 1. The van der Waals surface area contributed by atoms with Gasteiger partial charge in [-0.3, -0.25) is 0 Å². The van der Waals surface area contributed by atoms with Crippen molar-refractivity contribution in [2.75, 3.05) is 5.33 Å². The van der Waals surface area contributed by atoms with E-state index in [1.165, 1.54) is 0 Å². The molecule has 3 rings (SSSR count). The molecular formula is C16H16BrNO2. The summed E-state index contributed by atoms with van der Waals surface area (Å²) < 4.78 is 0. The summed E-state index contributed by atoms with van der Waals surface area (Å²) in [6, 6.07) is 13.8. The molecule has 104 valence electrons. The van der Waals surface area contributed by atoms with Crippen molar-refractivity contribution in [3.63, 3.8) is 0 Å². The topological polar surface area (TPSA) is 56.2 Å². The molecule has 0 saturated carbocycles. The molecule has 1 heterocycles. The van der Waals surface area contributed by atoms with Gasteiger partial charge in [-0.1, -0.05) is 40.2 Å². The number of nitrogens with one attached hydrogen (secondary N) is 1. The van der Waals surface area contributed by atoms with E-state index in [9.17, 15) is 10.2 Å². The molecule has 0 radical (unpaired) electrons. The van der Waals surface area contributed by atoms with Gasteiger partial charge in [0.05, 0.1) is 6.10 Å². The van der Waals surface area contributed by atoms with E-state index in [1.807, 2.05) is 36.4 Å². The van der Waals surface area contributed by atoms with Gasteiger partial charge in [0, 0.05) is 27.1 Å². The van der Waals surface area contributed by atoms with Crippen LogP contribution in [0.4, 0.5) is 0 Å². The molecular weight excluding hydrogens is 318 g/mol. The molecule has 0 amide bonds. The number of fused-ring (bicyclic) bond motifs is 3. The number of aromatic amines is 1. The zero-order chi connectivity index (χ0) is 14.1. The van der Waals surface area contributed by atoms with Crippen molar-refractivity contribution >= 4 is 37.7 Å². The van der Waals surface area contributed by atoms with Gasteiger partial charge in [0.1, 0.15) is 6.10 Å². The van der Waals surface area contributed by atoms with Crippen LogP contribution in [0.15, 0.2) is 42.5 Å². The van der Waals surface area contributed by atoms with Gasteiger partial charge in [-0.25, -0.2) is 0 Å². The van der Waals surface area contributed by atoms with Gasteiger partial charge in [-0.05, 0) is 30.2 Å². The Labute approximate surface area is 125 Å². The Bertz CT molecular complexity index is 738. The molecule has 4 heteroatoms. The van der Waals surface area contributed by atoms with Gasteiger partial charge in [-0.2, -0.15) is 0 Å². The van der Waals surface area contributed by atoms with E-state index < -0.39 is 12.2 Å². The highest BCUT2D eigenvalue weighted by Gasteiger charge is 2.18. The van der Waals surface area contributed by atoms with Gasteiger partial charge in [0.2, 0.25) is 0 Å². The molecule has 2 atom stereocenters. The summed E-state index contributed by atoms with van der Waals surface area (Å²) in [6.45, 7) is 0. The molecule has 0 spiro atoms. The van der Waals surface area contributed by atoms with Crippen LogP contribution in [0.2, 0.25) is 0 Å². The van der Waals surface area contributed by atoms with E-state index in [0.717, 1.165) is 27.4 Å². The number of aliphatic hydroxyl groups is 2. The zero-order valence-electron chi connectivity index (χ0n) is 10.9. The Morgan fingerprint density at radius 1 is 1.00 bits per heavy atom. The maximum Gasteiger partial charge on any atom is 0.105 e. The lowest BCUT2D eigenvalue weighted by Gasteiger charge is -2.17. The first-order valence-electron chi connectivity index (χ1n) is 6.63. The van der Waals surface area contributed by atoms with E-state index in [2.05, 4.69) is 27.0 Å². The van der Waals surface area contributed by atoms with Gasteiger partial charge in [0.25, 0.3) is 0 Å². The molecule has 1 aromatic heterocycles. The van der Waals surface area contributed by atoms with E-state index in [1.54, 1.807) is 0 Å². The maximum absolute atomic E-state index is 10.2. The fourth-order valence-electron chi connectivity index (χ4n) is 2.54. The zero-order valence-corrected chi connectivity index (χ0v) is 12.5. The largest absolute Gasteiger partial charge is 0.390 e. The summed E-state index contributed by atoms with van der Waals surface area (Å²) >= 11 is 3.28. The van der Waals surface area contributed by atoms with Crippen LogP contribution in [0, 0.1) is 0 Å². The highest BCUT2D eigenvalue weighted by Crippen LogP contribution is 2.29. The van der Waals surface area contributed by atoms with Crippen LogP contribution in [-0.4, -0.2) is 26.6 Å². The van der Waals surface area contributed by atoms with Crippen LogP contribution < -0.4 is 0 Å². The number of alkyl halides is 1. The summed E-state index contributed by atoms with van der Waals surface area (Å²) in [5.74, 6) is 0. The summed E-state index contributed by atoms with van der Waals surface area (Å²) in [4.78, 5) is 3.35. The van der Waals surface area contributed by atoms with Crippen LogP contribution in [-0.2, 0) is 0 Å². The van der Waals surface area contributed by atoms with Crippen molar-refractivity contribution in [3.8, 4) is 0 Å². The number of para-hydroxylation sites is 1. The molecule has 3 N–H and O–H groups in total. The number of hydrogen-bond acceptors (Lipinski definition) is 2. The number of H-pyrrole nitrogens is 1. The molecule has 0 aliphatic heterocycles. The molecule has 3 nitrogen and oxygen atoms in total. The quantitative estimate of drug-likeness (QED) is 0.640. The Hall–Kier alpha value is -1.36. The average molecular weight is 334 g/mol. The lowest BCUT2D eigenvalue weighted by atomic mass is 10.0. The number of benzene rings is 2. The van der Waals surface area contributed by atoms with Crippen molar-refractivity contribution < 1.29 is 10.2 Å². The highest BCUT2D eigenvalue weighted by molar-refractivity contribution is 9.09. The van der Waals surface area contributed by atoms with Crippen LogP contribution in [0.3, 0.4) is 0 Å². The van der Waals surface area contributed by atoms with Crippen molar-refractivity contribution in [2.24, 2.45) is 0 Å². The smallest absolute Gasteiger partial charge is 0.105 e. The van der Waals surface area contributed by atoms with Crippen molar-refractivity contribution in [1.29, 1.82) is 0 Å². The molecule has 0 fully saturated rings. The second-order valence-corrected chi connectivity index (χ2v) is 5.76. The van der Waals surface area contributed by atoms with E-state index in [4.69, 9.17) is 0 Å². The molecule has 2 unspecified atom stereocenters. The van der Waals surface area contributed by atoms with Crippen LogP contribution in [0.5, 0.6) is 0 Å². The Balaban J connectivity index is 2.07. The number of aliphatic hydroxyl groups excluding tert-OH is 2. The predicted octanol–water partition coefficient (Wildman–Crippen LogP) is 3.50. The van der Waals surface area contributed by atoms with E-state index in [0.29, 0.717) is 11.8 Å². The molecule has 0 saturated heterocycles. The average Bonchev–Trinajstić information content (AvgIpc) is 2.84. The van der Waals surface area contributed by atoms with Gasteiger partial charge < -0.3 is 15.2 Å². The SMILES string of the molecule is OC(CCBr)C(O)c1ccc2[nH]c3ccccc3c2c1. The molecule has 3 aromatic rings. The number of hydrogen-bond donors (Lipinski definition) is 3. The summed E-state index contributed by atoms with van der Waals surface area (Å²) in [7, 11) is 0. The first kappa shape index (κ1) is 13.6. The Morgan fingerprint density at radius 3 is 2.55 bits per heavy atom. The lowest BCUT2D eigenvalue weighted by Crippen LogP contribution is -2.18. The number of rotatable bonds is 4. The first-order valence-corrected chi connectivity index (χ1v) is 7.75. The first-order chi connectivity index (χ1) is 9.70. The second kappa shape index (κ2) is 5.56. The minimum atomic E-state index is -0.856. The van der Waals surface area contributed by atoms with Crippen molar-refractivity contribution in [1.82, 2.24) is 4.98 Å². The van der Waals surface area contributed by atoms with E-state index >= 15 is 0 Å². The second-order valence-electron chi connectivity index (χ2n) is 4.97. The van der Waals surface area contributed by atoms with Crippen molar-refractivity contribution in [2.45, 2.75) is 18.6 Å². The Kier molecular flexibility index (Phi) is 3.78. The fraction of sp³-hybridized carbons (Fsp3) is 0.250. The predicted molar refractivity (Wildman–Crippen MR) is 85.2 cm³/mol. The van der Waals surface area contributed by atoms with Gasteiger partial charge in [-0.15, -0.1) is 0 Å². The molecule has 0 aliphatic carbocycles. The minimum absolute atomic E-state index is 0.521. The molecule has 20 heavy (non-hydrogen) atoms. The van der Waals surface area contributed by atoms with Gasteiger partial charge in [0.15, 0.2) is 0 Å². The van der Waals surface area contributed by atoms with Crippen molar-refractivity contribution in [3.05, 3.63) is 48.0 Å². The minimum Gasteiger partial charge on any atom is -0.390 e. The third-order valence-corrected chi connectivity index (χ3v) is 4.10. The molecule has 0 aliphatic rings. The normalized spacial score (nSPS) is 14.8. The van der Waals surface area contributed by atoms with Crippen LogP contribution in [0.25, 0.3) is 21.8 Å². The van der Waals surface area contributed by atoms with E-state index in [-0.39, 0.29) is 0 Å². The summed E-state index contributed by atoms with van der Waals surface area (Å²) in [6.07, 6.45) is -1.09. The summed E-state index contributed by atoms with van der Waals surface area (Å²) in [5, 5.41) is 23.0. The molecule has 2 aromatic carbocycles. The third-order valence-electron chi connectivity index (χ3n) is 3.64. The third kappa shape index (κ3) is 2.35. The van der Waals surface area contributed by atoms with Crippen LogP contribution >= 0.6 is 15.9 Å². The summed E-state index contributed by atoms with van der Waals surface area (Å²) in [5.41, 5.74) is 2.86. The lowest BCUT2D eigenvalue weighted by molar-refractivity contribution is 0.0174. The molecule has 0 bridgehead atoms. The van der Waals surface area contributed by atoms with Crippen LogP contribution in [0.1, 0.15) is 18.1 Å². The Morgan fingerprint density at radius 2 is 1.75 bits per heavy atom. The van der Waals surface area contributed by atoms with Gasteiger partial charge >= 0.3 is 0 Å². The number of halogens is 1. The highest BCUT2D eigenvalue weighted by atomic mass is 79.9. The standard InChI is InChI=1S/C16H16BrNO2/c17-8-7-15(19)16(20)10-5-6-14-12(9-10)11-3-1-2-4-13(11)18-14/h1-6,9,15-16,18-20H,7-8H2. The maximum atomic E-state index is 10.2.